The third-order valence-electron chi connectivity index (χ3n) is 2.64. The van der Waals surface area contributed by atoms with Crippen LogP contribution in [0.1, 0.15) is 6.23 Å². The molecule has 7 N–H and O–H groups in total. The Morgan fingerprint density at radius 2 is 2.05 bits per heavy atom. The molecule has 0 saturated carbocycles. The molecule has 1 fully saturated rings. The zero-order valence-corrected chi connectivity index (χ0v) is 10.5. The molecule has 0 aliphatic carbocycles. The van der Waals surface area contributed by atoms with Crippen LogP contribution in [0, 0.1) is 0 Å². The van der Waals surface area contributed by atoms with Gasteiger partial charge < -0.3 is 31.3 Å². The van der Waals surface area contributed by atoms with Crippen molar-refractivity contribution >= 4 is 18.2 Å². The molecule has 2 heterocycles. The van der Waals surface area contributed by atoms with E-state index in [-0.39, 0.29) is 23.7 Å². The first-order valence-corrected chi connectivity index (χ1v) is 5.01. The van der Waals surface area contributed by atoms with Crippen LogP contribution in [0.3, 0.4) is 0 Å². The molecule has 19 heavy (non-hydrogen) atoms. The quantitative estimate of drug-likeness (QED) is 0.453. The Morgan fingerprint density at radius 1 is 1.42 bits per heavy atom. The molecular weight excluding hydrogens is 282 g/mol. The van der Waals surface area contributed by atoms with Gasteiger partial charge in [-0.15, -0.1) is 12.4 Å². The molecule has 4 atom stereocenters. The molecule has 1 aromatic rings. The van der Waals surface area contributed by atoms with Crippen LogP contribution in [0.15, 0.2) is 17.1 Å². The van der Waals surface area contributed by atoms with Crippen molar-refractivity contribution in [2.75, 3.05) is 12.3 Å². The predicted octanol–water partition coefficient (Wildman–Crippen LogP) is -2.97. The number of ether oxygens (including phenoxy) is 1. The molecule has 110 valence electrons. The van der Waals surface area contributed by atoms with Gasteiger partial charge in [0.2, 0.25) is 0 Å². The number of hydrogen-bond donors (Lipinski definition) is 4. The first-order valence-electron chi connectivity index (χ1n) is 5.01. The van der Waals surface area contributed by atoms with Crippen molar-refractivity contribution in [3.05, 3.63) is 22.7 Å². The smallest absolute Gasteiger partial charge is 0.351 e. The van der Waals surface area contributed by atoms with E-state index in [0.717, 1.165) is 4.57 Å². The molecule has 2 rings (SSSR count). The van der Waals surface area contributed by atoms with E-state index in [9.17, 15) is 15.0 Å². The van der Waals surface area contributed by atoms with Crippen LogP contribution in [0.25, 0.3) is 0 Å². The summed E-state index contributed by atoms with van der Waals surface area (Å²) < 4.78 is 6.19. The average Bonchev–Trinajstić information content (AvgIpc) is 2.57. The first kappa shape index (κ1) is 17.8. The minimum atomic E-state index is -1.31. The van der Waals surface area contributed by atoms with Gasteiger partial charge in [0.1, 0.15) is 24.1 Å². The molecular formula is C9H16ClN3O6. The van der Waals surface area contributed by atoms with E-state index >= 15 is 0 Å². The Bertz CT molecular complexity index is 470. The highest BCUT2D eigenvalue weighted by Gasteiger charge is 2.43. The van der Waals surface area contributed by atoms with Gasteiger partial charge in [0.05, 0.1) is 6.61 Å². The Balaban J connectivity index is 0.00000162. The predicted molar refractivity (Wildman–Crippen MR) is 66.8 cm³/mol. The molecule has 0 radical (unpaired) electrons. The van der Waals surface area contributed by atoms with Gasteiger partial charge in [0.15, 0.2) is 6.23 Å². The van der Waals surface area contributed by atoms with E-state index in [0.29, 0.717) is 0 Å². The molecule has 0 spiro atoms. The van der Waals surface area contributed by atoms with E-state index in [2.05, 4.69) is 4.98 Å². The molecule has 1 aliphatic heterocycles. The number of aliphatic hydroxyl groups excluding tert-OH is 3. The van der Waals surface area contributed by atoms with E-state index in [1.807, 2.05) is 0 Å². The number of nitrogen functional groups attached to an aromatic ring is 1. The number of nitrogens with zero attached hydrogens (tertiary/aromatic N) is 2. The van der Waals surface area contributed by atoms with Crippen molar-refractivity contribution < 1.29 is 25.5 Å². The van der Waals surface area contributed by atoms with E-state index in [4.69, 9.17) is 15.6 Å². The van der Waals surface area contributed by atoms with Crippen LogP contribution >= 0.6 is 12.4 Å². The number of rotatable bonds is 2. The Morgan fingerprint density at radius 3 is 2.53 bits per heavy atom. The van der Waals surface area contributed by atoms with Crippen LogP contribution in [0.5, 0.6) is 0 Å². The Kier molecular flexibility index (Phi) is 6.36. The number of nitrogens with two attached hydrogens (primary N) is 1. The standard InChI is InChI=1S/C9H13N3O5.ClH.H2O/c10-5-1-2-12(9(16)11-5)8-7(15)6(14)4(3-13)17-8;;/h1-2,4,6-8,13-15H,3H2,(H2,10,11,16);1H;1H2/t4-,6-,7-,8-;;/m1../s1. The Hall–Kier alpha value is -1.23. The average molecular weight is 298 g/mol. The van der Waals surface area contributed by atoms with Gasteiger partial charge in [0, 0.05) is 6.20 Å². The van der Waals surface area contributed by atoms with Gasteiger partial charge >= 0.3 is 5.69 Å². The second kappa shape index (κ2) is 6.80. The highest BCUT2D eigenvalue weighted by atomic mass is 35.5. The maximum Gasteiger partial charge on any atom is 0.351 e. The van der Waals surface area contributed by atoms with Crippen molar-refractivity contribution in [2.24, 2.45) is 0 Å². The molecule has 10 heteroatoms. The third-order valence-corrected chi connectivity index (χ3v) is 2.64. The highest BCUT2D eigenvalue weighted by molar-refractivity contribution is 5.85. The lowest BCUT2D eigenvalue weighted by molar-refractivity contribution is -0.0549. The van der Waals surface area contributed by atoms with Gasteiger partial charge in [-0.25, -0.2) is 4.79 Å². The van der Waals surface area contributed by atoms with E-state index in [1.165, 1.54) is 12.3 Å². The number of halogens is 1. The summed E-state index contributed by atoms with van der Waals surface area (Å²) in [6.45, 7) is -0.453. The fourth-order valence-electron chi connectivity index (χ4n) is 1.73. The minimum absolute atomic E-state index is 0. The Labute approximate surface area is 114 Å². The summed E-state index contributed by atoms with van der Waals surface area (Å²) in [5.74, 6) is 0.0537. The van der Waals surface area contributed by atoms with Crippen molar-refractivity contribution in [3.63, 3.8) is 0 Å². The zero-order valence-electron chi connectivity index (χ0n) is 9.71. The van der Waals surface area contributed by atoms with Gasteiger partial charge in [-0.2, -0.15) is 4.98 Å². The number of aliphatic hydroxyl groups is 3. The van der Waals surface area contributed by atoms with Gasteiger partial charge in [-0.1, -0.05) is 0 Å². The van der Waals surface area contributed by atoms with Crippen LogP contribution < -0.4 is 11.4 Å². The molecule has 1 aliphatic rings. The largest absolute Gasteiger partial charge is 0.412 e. The van der Waals surface area contributed by atoms with Crippen molar-refractivity contribution in [2.45, 2.75) is 24.5 Å². The lowest BCUT2D eigenvalue weighted by Crippen LogP contribution is -2.36. The second-order valence-electron chi connectivity index (χ2n) is 3.77. The third kappa shape index (κ3) is 3.21. The van der Waals surface area contributed by atoms with Crippen LogP contribution in [-0.4, -0.2) is 55.3 Å². The maximum absolute atomic E-state index is 11.5. The minimum Gasteiger partial charge on any atom is -0.412 e. The van der Waals surface area contributed by atoms with Crippen LogP contribution in [-0.2, 0) is 4.74 Å². The molecule has 0 bridgehead atoms. The fraction of sp³-hybridized carbons (Fsp3) is 0.556. The number of hydrogen-bond acceptors (Lipinski definition) is 7. The summed E-state index contributed by atoms with van der Waals surface area (Å²) >= 11 is 0. The molecule has 9 nitrogen and oxygen atoms in total. The summed E-state index contributed by atoms with van der Waals surface area (Å²) in [6, 6.07) is 1.37. The fourth-order valence-corrected chi connectivity index (χ4v) is 1.73. The van der Waals surface area contributed by atoms with Gasteiger partial charge in [-0.3, -0.25) is 4.57 Å². The molecule has 0 unspecified atom stereocenters. The van der Waals surface area contributed by atoms with E-state index < -0.39 is 36.8 Å². The lowest BCUT2D eigenvalue weighted by atomic mass is 10.1. The maximum atomic E-state index is 11.5. The molecule has 0 amide bonds. The monoisotopic (exact) mass is 297 g/mol. The summed E-state index contributed by atoms with van der Waals surface area (Å²) in [7, 11) is 0. The topological polar surface area (TPSA) is 162 Å². The normalized spacial score (nSPS) is 29.4. The summed E-state index contributed by atoms with van der Waals surface area (Å²) in [5.41, 5.74) is 4.63. The van der Waals surface area contributed by atoms with Gasteiger partial charge in [-0.05, 0) is 6.07 Å². The van der Waals surface area contributed by atoms with Crippen molar-refractivity contribution in [3.8, 4) is 0 Å². The molecule has 1 saturated heterocycles. The summed E-state index contributed by atoms with van der Waals surface area (Å²) in [6.07, 6.45) is -3.27. The van der Waals surface area contributed by atoms with Crippen LogP contribution in [0.4, 0.5) is 5.82 Å². The van der Waals surface area contributed by atoms with Crippen molar-refractivity contribution in [1.82, 2.24) is 9.55 Å². The number of anilines is 1. The van der Waals surface area contributed by atoms with Crippen molar-refractivity contribution in [1.29, 1.82) is 0 Å². The second-order valence-corrected chi connectivity index (χ2v) is 3.77. The van der Waals surface area contributed by atoms with Crippen LogP contribution in [0.2, 0.25) is 0 Å². The summed E-state index contributed by atoms with van der Waals surface area (Å²) in [4.78, 5) is 15.0. The molecule has 1 aromatic heterocycles. The highest BCUT2D eigenvalue weighted by Crippen LogP contribution is 2.27. The zero-order chi connectivity index (χ0) is 12.6. The molecule has 0 aromatic carbocycles. The SMILES string of the molecule is Cl.Nc1ccn([C@@H]2O[C@H](CO)[C@@H](O)[C@H]2O)c(=O)n1.O. The first-order chi connectivity index (χ1) is 8.04. The van der Waals surface area contributed by atoms with E-state index in [1.54, 1.807) is 0 Å². The van der Waals surface area contributed by atoms with Gasteiger partial charge in [0.25, 0.3) is 0 Å². The number of aromatic nitrogens is 2. The summed E-state index contributed by atoms with van der Waals surface area (Å²) in [5, 5.41) is 28.2. The lowest BCUT2D eigenvalue weighted by Gasteiger charge is -2.16.